The number of hydrogen-bond acceptors (Lipinski definition) is 2. The van der Waals surface area contributed by atoms with Crippen LogP contribution in [0.15, 0.2) is 53.4 Å². The molecule has 2 aromatic rings. The zero-order valence-electron chi connectivity index (χ0n) is 9.43. The van der Waals surface area contributed by atoms with Crippen molar-refractivity contribution in [2.75, 3.05) is 4.72 Å². The zero-order valence-corrected chi connectivity index (χ0v) is 10.2. The van der Waals surface area contributed by atoms with Crippen molar-refractivity contribution in [3.05, 3.63) is 66.8 Å². The Labute approximate surface area is 105 Å². The van der Waals surface area contributed by atoms with E-state index in [1.165, 1.54) is 12.1 Å². The number of halogens is 1. The van der Waals surface area contributed by atoms with Crippen LogP contribution in [0.4, 0.5) is 10.1 Å². The Morgan fingerprint density at radius 3 is 2.06 bits per heavy atom. The molecule has 0 atom stereocenters. The van der Waals surface area contributed by atoms with E-state index in [2.05, 4.69) is 11.6 Å². The van der Waals surface area contributed by atoms with Gasteiger partial charge in [-0.2, -0.15) is 0 Å². The summed E-state index contributed by atoms with van der Waals surface area (Å²) in [5, 5.41) is 0. The molecule has 0 aliphatic rings. The van der Waals surface area contributed by atoms with Crippen molar-refractivity contribution in [2.24, 2.45) is 0 Å². The van der Waals surface area contributed by atoms with Crippen LogP contribution in [0.3, 0.4) is 0 Å². The highest BCUT2D eigenvalue weighted by atomic mass is 32.2. The van der Waals surface area contributed by atoms with Gasteiger partial charge in [-0.05, 0) is 48.9 Å². The van der Waals surface area contributed by atoms with Crippen LogP contribution in [0.2, 0.25) is 0 Å². The fourth-order valence-corrected chi connectivity index (χ4v) is 2.46. The minimum absolute atomic E-state index is 0.0163. The molecule has 0 heterocycles. The van der Waals surface area contributed by atoms with Crippen molar-refractivity contribution in [2.45, 2.75) is 4.90 Å². The summed E-state index contributed by atoms with van der Waals surface area (Å²) in [7, 11) is -3.68. The first kappa shape index (κ1) is 12.6. The highest BCUT2D eigenvalue weighted by molar-refractivity contribution is 7.92. The Morgan fingerprint density at radius 2 is 1.50 bits per heavy atom. The van der Waals surface area contributed by atoms with Crippen LogP contribution in [0.5, 0.6) is 0 Å². The topological polar surface area (TPSA) is 46.2 Å². The molecule has 5 heteroatoms. The molecule has 0 aromatic heterocycles. The van der Waals surface area contributed by atoms with Crippen molar-refractivity contribution in [1.82, 2.24) is 0 Å². The van der Waals surface area contributed by atoms with Gasteiger partial charge in [0.2, 0.25) is 0 Å². The van der Waals surface area contributed by atoms with Gasteiger partial charge in [0.05, 0.1) is 4.90 Å². The molecule has 3 nitrogen and oxygen atoms in total. The summed E-state index contributed by atoms with van der Waals surface area (Å²) in [6.07, 6.45) is 0. The van der Waals surface area contributed by atoms with Crippen LogP contribution in [0.1, 0.15) is 5.56 Å². The molecule has 0 aliphatic heterocycles. The highest BCUT2D eigenvalue weighted by Gasteiger charge is 2.13. The first-order valence-corrected chi connectivity index (χ1v) is 6.66. The third-order valence-electron chi connectivity index (χ3n) is 2.33. The lowest BCUT2D eigenvalue weighted by Crippen LogP contribution is -2.12. The number of anilines is 1. The summed E-state index contributed by atoms with van der Waals surface area (Å²) >= 11 is 0. The maximum atomic E-state index is 12.7. The summed E-state index contributed by atoms with van der Waals surface area (Å²) in [6, 6.07) is 11.3. The molecule has 18 heavy (non-hydrogen) atoms. The van der Waals surface area contributed by atoms with Crippen LogP contribution in [0.25, 0.3) is 0 Å². The largest absolute Gasteiger partial charge is 0.280 e. The molecule has 0 saturated heterocycles. The summed E-state index contributed by atoms with van der Waals surface area (Å²) in [6.45, 7) is 3.71. The van der Waals surface area contributed by atoms with E-state index in [-0.39, 0.29) is 4.90 Å². The number of sulfonamides is 1. The van der Waals surface area contributed by atoms with Gasteiger partial charge < -0.3 is 0 Å². The fraction of sp³-hybridized carbons (Fsp3) is 0. The Bertz CT molecular complexity index is 634. The van der Waals surface area contributed by atoms with Crippen LogP contribution in [-0.2, 0) is 10.0 Å². The summed E-state index contributed by atoms with van der Waals surface area (Å²) < 4.78 is 39.0. The number of nitrogens with one attached hydrogen (secondary N) is 1. The van der Waals surface area contributed by atoms with Gasteiger partial charge in [0.1, 0.15) is 5.82 Å². The van der Waals surface area contributed by atoms with Crippen molar-refractivity contribution >= 4 is 15.7 Å². The van der Waals surface area contributed by atoms with E-state index in [4.69, 9.17) is 0 Å². The second-order valence-electron chi connectivity index (χ2n) is 3.76. The maximum absolute atomic E-state index is 12.7. The minimum Gasteiger partial charge on any atom is -0.280 e. The normalized spacial score (nSPS) is 11.2. The summed E-state index contributed by atoms with van der Waals surface area (Å²) in [5.74, 6) is -0.477. The van der Waals surface area contributed by atoms with E-state index in [0.29, 0.717) is 5.69 Å². The smallest absolute Gasteiger partial charge is 0.261 e. The Morgan fingerprint density at radius 1 is 0.944 bits per heavy atom. The van der Waals surface area contributed by atoms with Gasteiger partial charge in [0.25, 0.3) is 10.0 Å². The first-order chi connectivity index (χ1) is 8.47. The average molecular weight is 264 g/mol. The van der Waals surface area contributed by atoms with Crippen molar-refractivity contribution in [1.29, 1.82) is 0 Å². The zero-order chi connectivity index (χ0) is 13.2. The lowest BCUT2D eigenvalue weighted by molar-refractivity contribution is 0.599. The van der Waals surface area contributed by atoms with Gasteiger partial charge in [0.15, 0.2) is 0 Å². The number of hydrogen-bond donors (Lipinski definition) is 1. The van der Waals surface area contributed by atoms with Gasteiger partial charge >= 0.3 is 0 Å². The van der Waals surface area contributed by atoms with Crippen molar-refractivity contribution < 1.29 is 12.8 Å². The van der Waals surface area contributed by atoms with E-state index in [0.717, 1.165) is 17.7 Å². The third-order valence-corrected chi connectivity index (χ3v) is 3.73. The van der Waals surface area contributed by atoms with Gasteiger partial charge in [0, 0.05) is 5.69 Å². The number of benzene rings is 2. The van der Waals surface area contributed by atoms with Gasteiger partial charge in [-0.1, -0.05) is 12.1 Å². The quantitative estimate of drug-likeness (QED) is 0.926. The SMILES string of the molecule is [CH2]c1ccc(NS(=O)(=O)c2ccc(F)cc2)cc1. The fourth-order valence-electron chi connectivity index (χ4n) is 1.40. The van der Waals surface area contributed by atoms with E-state index in [1.807, 2.05) is 0 Å². The molecule has 1 radical (unpaired) electrons. The molecule has 2 aromatic carbocycles. The maximum Gasteiger partial charge on any atom is 0.261 e. The lowest BCUT2D eigenvalue weighted by Gasteiger charge is -2.08. The molecule has 0 fully saturated rings. The molecule has 0 unspecified atom stereocenters. The molecule has 0 spiro atoms. The Hall–Kier alpha value is -1.88. The molecule has 0 aliphatic carbocycles. The summed E-state index contributed by atoms with van der Waals surface area (Å²) in [5.41, 5.74) is 1.23. The third kappa shape index (κ3) is 2.87. The van der Waals surface area contributed by atoms with E-state index < -0.39 is 15.8 Å². The van der Waals surface area contributed by atoms with E-state index >= 15 is 0 Å². The van der Waals surface area contributed by atoms with Gasteiger partial charge in [-0.3, -0.25) is 4.72 Å². The van der Waals surface area contributed by atoms with Crippen LogP contribution in [0, 0.1) is 12.7 Å². The predicted molar refractivity (Wildman–Crippen MR) is 68.1 cm³/mol. The molecule has 1 N–H and O–H groups in total. The minimum atomic E-state index is -3.68. The standard InChI is InChI=1S/C13H11FNO2S/c1-10-2-6-12(7-3-10)15-18(16,17)13-8-4-11(14)5-9-13/h2-9,15H,1H2. The molecule has 93 valence electrons. The van der Waals surface area contributed by atoms with E-state index in [1.54, 1.807) is 24.3 Å². The monoisotopic (exact) mass is 264 g/mol. The van der Waals surface area contributed by atoms with Crippen LogP contribution >= 0.6 is 0 Å². The Kier molecular flexibility index (Phi) is 3.34. The van der Waals surface area contributed by atoms with Crippen LogP contribution in [-0.4, -0.2) is 8.42 Å². The second-order valence-corrected chi connectivity index (χ2v) is 5.44. The predicted octanol–water partition coefficient (Wildman–Crippen LogP) is 2.81. The lowest BCUT2D eigenvalue weighted by atomic mass is 10.2. The average Bonchev–Trinajstić information content (AvgIpc) is 2.32. The molecular weight excluding hydrogens is 253 g/mol. The van der Waals surface area contributed by atoms with Gasteiger partial charge in [-0.15, -0.1) is 0 Å². The van der Waals surface area contributed by atoms with E-state index in [9.17, 15) is 12.8 Å². The van der Waals surface area contributed by atoms with Crippen LogP contribution < -0.4 is 4.72 Å². The second kappa shape index (κ2) is 4.78. The molecular formula is C13H11FNO2S. The van der Waals surface area contributed by atoms with Gasteiger partial charge in [-0.25, -0.2) is 12.8 Å². The molecule has 0 bridgehead atoms. The van der Waals surface area contributed by atoms with Crippen molar-refractivity contribution in [3.63, 3.8) is 0 Å². The molecule has 2 rings (SSSR count). The highest BCUT2D eigenvalue weighted by Crippen LogP contribution is 2.16. The number of rotatable bonds is 3. The Balaban J connectivity index is 2.27. The van der Waals surface area contributed by atoms with Crippen molar-refractivity contribution in [3.8, 4) is 0 Å². The first-order valence-electron chi connectivity index (χ1n) is 5.18. The summed E-state index contributed by atoms with van der Waals surface area (Å²) in [4.78, 5) is 0.0163. The molecule has 0 saturated carbocycles. The molecule has 0 amide bonds.